The van der Waals surface area contributed by atoms with E-state index in [4.69, 9.17) is 9.66 Å². The number of rotatable bonds is 6. The summed E-state index contributed by atoms with van der Waals surface area (Å²) >= 11 is 3.97. The number of sulfonamides is 2. The number of hydrogen-bond donors (Lipinski definition) is 1. The first-order valence-electron chi connectivity index (χ1n) is 9.86. The van der Waals surface area contributed by atoms with Gasteiger partial charge in [0.1, 0.15) is 14.2 Å². The maximum atomic E-state index is 14.1. The molecular weight excluding hydrogens is 580 g/mol. The van der Waals surface area contributed by atoms with Crippen LogP contribution in [0.25, 0.3) is 10.8 Å². The number of benzene rings is 2. The predicted octanol–water partition coefficient (Wildman–Crippen LogP) is 3.71. The Balaban J connectivity index is 2.02. The van der Waals surface area contributed by atoms with Crippen molar-refractivity contribution in [1.82, 2.24) is 5.16 Å². The van der Waals surface area contributed by atoms with Gasteiger partial charge in [0.05, 0.1) is 10.6 Å². The zero-order chi connectivity index (χ0) is 25.7. The van der Waals surface area contributed by atoms with E-state index in [1.807, 2.05) is 25.1 Å². The van der Waals surface area contributed by atoms with Gasteiger partial charge in [-0.05, 0) is 46.4 Å². The molecule has 0 spiro atoms. The number of hydrogen-bond acceptors (Lipinski definition) is 9. The van der Waals surface area contributed by atoms with Crippen LogP contribution in [0.3, 0.4) is 0 Å². The molecular formula is C21H19BrN4O6S3. The Kier molecular flexibility index (Phi) is 6.53. The summed E-state index contributed by atoms with van der Waals surface area (Å²) in [6.07, 6.45) is 0. The van der Waals surface area contributed by atoms with Crippen molar-refractivity contribution in [2.45, 2.75) is 16.7 Å². The minimum absolute atomic E-state index is 0.123. The topological polar surface area (TPSA) is 144 Å². The Morgan fingerprint density at radius 1 is 1.03 bits per heavy atom. The van der Waals surface area contributed by atoms with E-state index in [2.05, 4.69) is 21.1 Å². The van der Waals surface area contributed by atoms with Gasteiger partial charge in [-0.1, -0.05) is 29.4 Å². The highest BCUT2D eigenvalue weighted by Gasteiger charge is 2.40. The van der Waals surface area contributed by atoms with Crippen molar-refractivity contribution >= 4 is 75.6 Å². The van der Waals surface area contributed by atoms with Gasteiger partial charge in [-0.15, -0.1) is 11.3 Å². The predicted molar refractivity (Wildman–Crippen MR) is 137 cm³/mol. The number of aromatic nitrogens is 1. The van der Waals surface area contributed by atoms with Crippen molar-refractivity contribution in [2.24, 2.45) is 5.14 Å². The van der Waals surface area contributed by atoms with Crippen molar-refractivity contribution in [3.8, 4) is 0 Å². The number of primary sulfonamides is 1. The zero-order valence-electron chi connectivity index (χ0n) is 18.6. The summed E-state index contributed by atoms with van der Waals surface area (Å²) in [5.41, 5.74) is 1.06. The third-order valence-electron chi connectivity index (χ3n) is 5.13. The fraction of sp³-hybridized carbons (Fsp3) is 0.143. The van der Waals surface area contributed by atoms with Crippen molar-refractivity contribution in [1.29, 1.82) is 0 Å². The average molecular weight is 600 g/mol. The summed E-state index contributed by atoms with van der Waals surface area (Å²) in [7, 11) is -5.31. The van der Waals surface area contributed by atoms with Crippen LogP contribution in [0.4, 0.5) is 11.6 Å². The Morgan fingerprint density at radius 2 is 1.69 bits per heavy atom. The second kappa shape index (κ2) is 9.02. The zero-order valence-corrected chi connectivity index (χ0v) is 22.6. The van der Waals surface area contributed by atoms with Gasteiger partial charge in [0, 0.05) is 30.6 Å². The third-order valence-corrected chi connectivity index (χ3v) is 9.75. The molecule has 0 saturated carbocycles. The van der Waals surface area contributed by atoms with E-state index in [1.165, 1.54) is 11.4 Å². The lowest BCUT2D eigenvalue weighted by molar-refractivity contribution is 0.100. The van der Waals surface area contributed by atoms with Crippen LogP contribution < -0.4 is 14.3 Å². The van der Waals surface area contributed by atoms with E-state index < -0.39 is 36.7 Å². The van der Waals surface area contributed by atoms with Crippen LogP contribution in [0.5, 0.6) is 0 Å². The standard InChI is InChI=1S/C21H19BrN4O6S3/c1-12-18(22)21(32-24-12)26(20(27)19-17(10-11-33-19)34(23,28)29)35(30,31)16-9-5-6-13-14(16)7-4-8-15(13)25(2)3/h4-11H,1-3H3,(H2,23,28,29). The number of aryl methyl sites for hydroxylation is 1. The number of fused-ring (bicyclic) bond motifs is 1. The molecule has 2 heterocycles. The van der Waals surface area contributed by atoms with Crippen LogP contribution in [-0.4, -0.2) is 42.0 Å². The SMILES string of the molecule is Cc1noc(N(C(=O)c2sccc2S(N)(=O)=O)S(=O)(=O)c2cccc3c(N(C)C)cccc23)c1Br. The smallest absolute Gasteiger partial charge is 0.286 e. The summed E-state index contributed by atoms with van der Waals surface area (Å²) in [4.78, 5) is 14.5. The van der Waals surface area contributed by atoms with E-state index in [0.29, 0.717) is 20.8 Å². The van der Waals surface area contributed by atoms with Gasteiger partial charge >= 0.3 is 0 Å². The number of amides is 1. The van der Waals surface area contributed by atoms with Crippen molar-refractivity contribution in [3.63, 3.8) is 0 Å². The fourth-order valence-electron chi connectivity index (χ4n) is 3.53. The number of nitrogens with zero attached hydrogens (tertiary/aromatic N) is 3. The molecule has 2 N–H and O–H groups in total. The van der Waals surface area contributed by atoms with Crippen LogP contribution >= 0.6 is 27.3 Å². The Hall–Kier alpha value is -2.78. The average Bonchev–Trinajstić information content (AvgIpc) is 3.41. The molecule has 10 nitrogen and oxygen atoms in total. The minimum atomic E-state index is -4.65. The first kappa shape index (κ1) is 25.3. The molecule has 0 aliphatic rings. The second-order valence-corrected chi connectivity index (χ2v) is 12.6. The quantitative estimate of drug-likeness (QED) is 0.353. The molecule has 0 atom stereocenters. The highest BCUT2D eigenvalue weighted by Crippen LogP contribution is 2.38. The first-order chi connectivity index (χ1) is 16.4. The number of carbonyl (C=O) groups excluding carboxylic acids is 1. The maximum absolute atomic E-state index is 14.1. The van der Waals surface area contributed by atoms with Crippen LogP contribution in [0, 0.1) is 6.92 Å². The summed E-state index contributed by atoms with van der Waals surface area (Å²) < 4.78 is 58.1. The van der Waals surface area contributed by atoms with Crippen LogP contribution in [0.2, 0.25) is 0 Å². The molecule has 4 rings (SSSR count). The van der Waals surface area contributed by atoms with E-state index in [-0.39, 0.29) is 14.2 Å². The monoisotopic (exact) mass is 598 g/mol. The Labute approximate surface area is 214 Å². The molecule has 0 saturated heterocycles. The van der Waals surface area contributed by atoms with Gasteiger partial charge in [-0.2, -0.15) is 4.31 Å². The lowest BCUT2D eigenvalue weighted by Gasteiger charge is -2.22. The molecule has 0 aliphatic heterocycles. The summed E-state index contributed by atoms with van der Waals surface area (Å²) in [6, 6.07) is 11.0. The molecule has 184 valence electrons. The normalized spacial score (nSPS) is 12.1. The summed E-state index contributed by atoms with van der Waals surface area (Å²) in [6.45, 7) is 1.55. The van der Waals surface area contributed by atoms with E-state index in [9.17, 15) is 21.6 Å². The number of halogens is 1. The minimum Gasteiger partial charge on any atom is -0.377 e. The molecule has 0 bridgehead atoms. The van der Waals surface area contributed by atoms with Crippen LogP contribution in [0.1, 0.15) is 15.4 Å². The van der Waals surface area contributed by atoms with Crippen molar-refractivity contribution in [3.05, 3.63) is 62.9 Å². The first-order valence-corrected chi connectivity index (χ1v) is 14.5. The summed E-state index contributed by atoms with van der Waals surface area (Å²) in [5.74, 6) is -1.57. The third kappa shape index (κ3) is 4.36. The Morgan fingerprint density at radius 3 is 2.29 bits per heavy atom. The molecule has 14 heteroatoms. The van der Waals surface area contributed by atoms with Gasteiger partial charge in [0.15, 0.2) is 0 Å². The molecule has 2 aromatic heterocycles. The highest BCUT2D eigenvalue weighted by atomic mass is 79.9. The van der Waals surface area contributed by atoms with E-state index in [1.54, 1.807) is 31.2 Å². The van der Waals surface area contributed by atoms with Gasteiger partial charge in [-0.3, -0.25) is 4.79 Å². The molecule has 0 radical (unpaired) electrons. The molecule has 0 fully saturated rings. The lowest BCUT2D eigenvalue weighted by atomic mass is 10.1. The van der Waals surface area contributed by atoms with Gasteiger partial charge in [0.2, 0.25) is 10.0 Å². The molecule has 0 unspecified atom stereocenters. The summed E-state index contributed by atoms with van der Waals surface area (Å²) in [5, 5.41) is 11.3. The van der Waals surface area contributed by atoms with Gasteiger partial charge in [-0.25, -0.2) is 22.0 Å². The molecule has 35 heavy (non-hydrogen) atoms. The van der Waals surface area contributed by atoms with Crippen molar-refractivity contribution < 1.29 is 26.2 Å². The lowest BCUT2D eigenvalue weighted by Crippen LogP contribution is -2.37. The van der Waals surface area contributed by atoms with Gasteiger partial charge < -0.3 is 9.42 Å². The molecule has 2 aromatic carbocycles. The van der Waals surface area contributed by atoms with Crippen LogP contribution in [0.15, 0.2) is 66.6 Å². The van der Waals surface area contributed by atoms with Crippen molar-refractivity contribution in [2.75, 3.05) is 23.3 Å². The molecule has 0 aliphatic carbocycles. The number of anilines is 2. The number of carbonyl (C=O) groups is 1. The largest absolute Gasteiger partial charge is 0.377 e. The maximum Gasteiger partial charge on any atom is 0.286 e. The number of thiophene rings is 1. The second-order valence-electron chi connectivity index (χ2n) is 7.64. The molecule has 4 aromatic rings. The van der Waals surface area contributed by atoms with E-state index in [0.717, 1.165) is 23.1 Å². The van der Waals surface area contributed by atoms with Gasteiger partial charge in [0.25, 0.3) is 21.8 Å². The van der Waals surface area contributed by atoms with E-state index >= 15 is 0 Å². The van der Waals surface area contributed by atoms with Crippen LogP contribution in [-0.2, 0) is 20.0 Å². The fourth-order valence-corrected chi connectivity index (χ4v) is 7.48. The highest BCUT2D eigenvalue weighted by molar-refractivity contribution is 9.10. The Bertz CT molecular complexity index is 1680. The number of nitrogens with two attached hydrogens (primary N) is 1. The molecule has 1 amide bonds.